The molecule has 2 aromatic rings. The third-order valence-corrected chi connectivity index (χ3v) is 14.3. The van der Waals surface area contributed by atoms with Crippen LogP contribution in [-0.2, 0) is 0 Å². The van der Waals surface area contributed by atoms with Crippen molar-refractivity contribution in [3.05, 3.63) is 89.4 Å². The van der Waals surface area contributed by atoms with Crippen LogP contribution >= 0.6 is 15.8 Å². The maximum atomic E-state index is 3.82. The molecule has 0 spiro atoms. The fourth-order valence-corrected chi connectivity index (χ4v) is 13.2. The molecule has 0 unspecified atom stereocenters. The monoisotopic (exact) mass is 472 g/mol. The standard InChI is InChI=1S/C31H38P2/c1-25(32(26-15-6-2-7-16-26)27-17-8-3-9-18-27)30-23-14-24-31(30)33(28-19-10-4-11-20-28)29-21-12-5-13-22-29/h4-5,10-14,19-22,24-27H,2-3,6-9,15-18H2,1H3/t25-/m1/s1. The summed E-state index contributed by atoms with van der Waals surface area (Å²) in [5.41, 5.74) is 7.98. The lowest BCUT2D eigenvalue weighted by molar-refractivity contribution is 0.482. The van der Waals surface area contributed by atoms with E-state index in [2.05, 4.69) is 85.5 Å². The third-order valence-electron chi connectivity index (χ3n) is 7.88. The molecule has 3 aliphatic rings. The van der Waals surface area contributed by atoms with Gasteiger partial charge >= 0.3 is 0 Å². The van der Waals surface area contributed by atoms with Gasteiger partial charge in [-0.05, 0) is 73.0 Å². The second-order valence-corrected chi connectivity index (χ2v) is 15.3. The number of rotatable bonds is 7. The molecule has 5 rings (SSSR count). The molecule has 3 aliphatic carbocycles. The van der Waals surface area contributed by atoms with Crippen LogP contribution < -0.4 is 10.6 Å². The van der Waals surface area contributed by atoms with Crippen molar-refractivity contribution in [1.29, 1.82) is 0 Å². The summed E-state index contributed by atoms with van der Waals surface area (Å²) in [6.07, 6.45) is 19.3. The van der Waals surface area contributed by atoms with Gasteiger partial charge in [0, 0.05) is 11.2 Å². The van der Waals surface area contributed by atoms with Gasteiger partial charge in [-0.2, -0.15) is 0 Å². The van der Waals surface area contributed by atoms with E-state index >= 15 is 0 Å². The molecule has 0 heterocycles. The topological polar surface area (TPSA) is 0 Å². The third kappa shape index (κ3) is 5.30. The minimum Gasteiger partial charge on any atom is -0.116 e. The van der Waals surface area contributed by atoms with E-state index < -0.39 is 7.92 Å². The fraction of sp³-hybridized carbons (Fsp3) is 0.452. The van der Waals surface area contributed by atoms with Crippen molar-refractivity contribution in [3.8, 4) is 0 Å². The molecule has 172 valence electrons. The number of hydrogen-bond donors (Lipinski definition) is 0. The highest BCUT2D eigenvalue weighted by molar-refractivity contribution is 7.77. The Morgan fingerprint density at radius 2 is 1.18 bits per heavy atom. The van der Waals surface area contributed by atoms with Gasteiger partial charge in [0.1, 0.15) is 0 Å². The van der Waals surface area contributed by atoms with Crippen LogP contribution in [0.2, 0.25) is 0 Å². The minimum atomic E-state index is -0.543. The van der Waals surface area contributed by atoms with E-state index in [0.717, 1.165) is 11.3 Å². The van der Waals surface area contributed by atoms with Crippen LogP contribution in [0.25, 0.3) is 0 Å². The predicted octanol–water partition coefficient (Wildman–Crippen LogP) is 8.63. The van der Waals surface area contributed by atoms with Crippen molar-refractivity contribution in [2.45, 2.75) is 88.1 Å². The summed E-state index contributed by atoms with van der Waals surface area (Å²) in [5, 5.41) is 4.49. The summed E-state index contributed by atoms with van der Waals surface area (Å²) in [6.45, 7) is 2.59. The molecule has 0 saturated heterocycles. The van der Waals surface area contributed by atoms with Crippen LogP contribution in [-0.4, -0.2) is 17.0 Å². The predicted molar refractivity (Wildman–Crippen MR) is 149 cm³/mol. The molecule has 1 atom stereocenters. The van der Waals surface area contributed by atoms with Gasteiger partial charge in [-0.1, -0.05) is 114 Å². The number of allylic oxidation sites excluding steroid dienone is 3. The normalized spacial score (nSPS) is 20.8. The van der Waals surface area contributed by atoms with Gasteiger partial charge < -0.3 is 0 Å². The van der Waals surface area contributed by atoms with Crippen molar-refractivity contribution in [1.82, 2.24) is 0 Å². The Bertz CT molecular complexity index is 930. The Hall–Kier alpha value is -1.44. The van der Waals surface area contributed by atoms with Crippen LogP contribution in [0, 0.1) is 0 Å². The van der Waals surface area contributed by atoms with Gasteiger partial charge in [-0.15, -0.1) is 5.73 Å². The first-order chi connectivity index (χ1) is 16.3. The molecule has 0 aromatic heterocycles. The smallest absolute Gasteiger partial charge is 0.00984 e. The first-order valence-electron chi connectivity index (χ1n) is 13.2. The molecule has 2 saturated carbocycles. The van der Waals surface area contributed by atoms with E-state index in [9.17, 15) is 0 Å². The van der Waals surface area contributed by atoms with Gasteiger partial charge in [-0.3, -0.25) is 0 Å². The van der Waals surface area contributed by atoms with E-state index in [1.165, 1.54) is 74.8 Å². The van der Waals surface area contributed by atoms with Gasteiger partial charge in [-0.25, -0.2) is 0 Å². The van der Waals surface area contributed by atoms with Gasteiger partial charge in [0.05, 0.1) is 0 Å². The van der Waals surface area contributed by atoms with Gasteiger partial charge in [0.2, 0.25) is 0 Å². The van der Waals surface area contributed by atoms with Crippen molar-refractivity contribution in [3.63, 3.8) is 0 Å². The molecule has 2 heteroatoms. The van der Waals surface area contributed by atoms with Crippen LogP contribution in [0.15, 0.2) is 89.4 Å². The fourth-order valence-electron chi connectivity index (χ4n) is 6.32. The Morgan fingerprint density at radius 1 is 0.697 bits per heavy atom. The van der Waals surface area contributed by atoms with E-state index in [-0.39, 0.29) is 7.92 Å². The summed E-state index contributed by atoms with van der Waals surface area (Å²) in [7, 11) is -0.551. The molecular weight excluding hydrogens is 434 g/mol. The lowest BCUT2D eigenvalue weighted by atomic mass is 9.99. The quantitative estimate of drug-likeness (QED) is 0.279. The van der Waals surface area contributed by atoms with Gasteiger partial charge in [0.25, 0.3) is 0 Å². The van der Waals surface area contributed by atoms with Crippen LogP contribution in [0.1, 0.15) is 71.1 Å². The van der Waals surface area contributed by atoms with E-state index in [0.29, 0.717) is 5.66 Å². The van der Waals surface area contributed by atoms with Crippen molar-refractivity contribution < 1.29 is 0 Å². The van der Waals surface area contributed by atoms with E-state index in [4.69, 9.17) is 0 Å². The summed E-state index contributed by atoms with van der Waals surface area (Å²) < 4.78 is 0. The summed E-state index contributed by atoms with van der Waals surface area (Å²) >= 11 is 0. The highest BCUT2D eigenvalue weighted by atomic mass is 31.1. The van der Waals surface area contributed by atoms with E-state index in [1.54, 1.807) is 10.9 Å². The van der Waals surface area contributed by atoms with Crippen molar-refractivity contribution in [2.24, 2.45) is 0 Å². The Balaban J connectivity index is 1.49. The second kappa shape index (κ2) is 11.3. The highest BCUT2D eigenvalue weighted by Crippen LogP contribution is 2.63. The van der Waals surface area contributed by atoms with Crippen molar-refractivity contribution >= 4 is 26.5 Å². The molecule has 0 bridgehead atoms. The Morgan fingerprint density at radius 3 is 1.67 bits per heavy atom. The lowest BCUT2D eigenvalue weighted by Gasteiger charge is -2.43. The minimum absolute atomic E-state index is 0.00842. The average Bonchev–Trinajstić information content (AvgIpc) is 3.36. The van der Waals surface area contributed by atoms with Gasteiger partial charge in [0.15, 0.2) is 0 Å². The molecule has 2 fully saturated rings. The zero-order valence-electron chi connectivity index (χ0n) is 20.1. The Labute approximate surface area is 203 Å². The zero-order chi connectivity index (χ0) is 22.5. The molecule has 0 N–H and O–H groups in total. The number of benzene rings is 2. The SMILES string of the molecule is C[C@H](C1=C=CC=C1P(c1ccccc1)c1ccccc1)P(C1CCCCC1)C1CCCCC1. The molecule has 0 nitrogen and oxygen atoms in total. The summed E-state index contributed by atoms with van der Waals surface area (Å²) in [5.74, 6) is 0. The molecule has 33 heavy (non-hydrogen) atoms. The molecule has 0 radical (unpaired) electrons. The Kier molecular flexibility index (Phi) is 8.00. The molecule has 0 amide bonds. The van der Waals surface area contributed by atoms with E-state index in [1.807, 2.05) is 0 Å². The highest BCUT2D eigenvalue weighted by Gasteiger charge is 2.38. The first-order valence-corrected chi connectivity index (χ1v) is 16.1. The lowest BCUT2D eigenvalue weighted by Crippen LogP contribution is -2.27. The largest absolute Gasteiger partial charge is 0.116 e. The van der Waals surface area contributed by atoms with Crippen LogP contribution in [0.3, 0.4) is 0 Å². The first kappa shape index (κ1) is 23.3. The molecule has 0 aliphatic heterocycles. The van der Waals surface area contributed by atoms with Crippen LogP contribution in [0.5, 0.6) is 0 Å². The maximum Gasteiger partial charge on any atom is 0.00984 e. The zero-order valence-corrected chi connectivity index (χ0v) is 21.9. The second-order valence-electron chi connectivity index (χ2n) is 9.99. The number of hydrogen-bond acceptors (Lipinski definition) is 0. The maximum absolute atomic E-state index is 3.82. The van der Waals surface area contributed by atoms with Crippen molar-refractivity contribution in [2.75, 3.05) is 0 Å². The average molecular weight is 473 g/mol. The summed E-state index contributed by atoms with van der Waals surface area (Å²) in [6, 6.07) is 22.5. The van der Waals surface area contributed by atoms with Crippen LogP contribution in [0.4, 0.5) is 0 Å². The molecule has 2 aromatic carbocycles. The summed E-state index contributed by atoms with van der Waals surface area (Å²) in [4.78, 5) is 0. The molecular formula is C31H38P2.